The maximum absolute atomic E-state index is 12.6. The minimum Gasteiger partial charge on any atom is -0.493 e. The lowest BCUT2D eigenvalue weighted by Crippen LogP contribution is -2.12. The zero-order valence-corrected chi connectivity index (χ0v) is 11.8. The van der Waals surface area contributed by atoms with Crippen molar-refractivity contribution in [3.05, 3.63) is 47.3 Å². The van der Waals surface area contributed by atoms with Crippen LogP contribution in [-0.4, -0.2) is 22.7 Å². The van der Waals surface area contributed by atoms with Crippen LogP contribution in [-0.2, 0) is 13.1 Å². The summed E-state index contributed by atoms with van der Waals surface area (Å²) in [6.07, 6.45) is 2.48. The molecule has 0 aliphatic heterocycles. The molecule has 0 amide bonds. The topological polar surface area (TPSA) is 70.1 Å². The number of rotatable bonds is 6. The fourth-order valence-electron chi connectivity index (χ4n) is 2.06. The highest BCUT2D eigenvalue weighted by Crippen LogP contribution is 2.21. The second kappa shape index (κ2) is 6.34. The van der Waals surface area contributed by atoms with Crippen LogP contribution in [0.5, 0.6) is 5.75 Å². The van der Waals surface area contributed by atoms with Crippen LogP contribution in [0, 0.1) is 0 Å². The molecule has 0 aliphatic rings. The van der Waals surface area contributed by atoms with E-state index in [2.05, 4.69) is 5.10 Å². The van der Waals surface area contributed by atoms with Gasteiger partial charge in [-0.15, -0.1) is 0 Å². The second-order valence-electron chi connectivity index (χ2n) is 4.51. The number of aromatic nitrogens is 2. The summed E-state index contributed by atoms with van der Waals surface area (Å²) in [5.74, 6) is 0.419. The average Bonchev–Trinajstić information content (AvgIpc) is 2.90. The molecule has 5 heteroatoms. The molecule has 0 unspecified atom stereocenters. The van der Waals surface area contributed by atoms with Gasteiger partial charge in [-0.1, -0.05) is 31.2 Å². The van der Waals surface area contributed by atoms with E-state index >= 15 is 0 Å². The first-order valence-corrected chi connectivity index (χ1v) is 6.64. The van der Waals surface area contributed by atoms with Gasteiger partial charge in [0.2, 0.25) is 5.78 Å². The van der Waals surface area contributed by atoms with Crippen LogP contribution in [0.25, 0.3) is 0 Å². The third-order valence-corrected chi connectivity index (χ3v) is 3.13. The Balaban J connectivity index is 2.38. The van der Waals surface area contributed by atoms with E-state index in [0.29, 0.717) is 30.1 Å². The predicted molar refractivity (Wildman–Crippen MR) is 76.8 cm³/mol. The summed E-state index contributed by atoms with van der Waals surface area (Å²) in [4.78, 5) is 12.6. The van der Waals surface area contributed by atoms with Crippen molar-refractivity contribution in [2.45, 2.75) is 26.4 Å². The summed E-state index contributed by atoms with van der Waals surface area (Å²) in [7, 11) is 1.54. The smallest absolute Gasteiger partial charge is 0.214 e. The van der Waals surface area contributed by atoms with Gasteiger partial charge in [-0.05, 0) is 12.0 Å². The summed E-state index contributed by atoms with van der Waals surface area (Å²) in [6.45, 7) is 3.19. The Hall–Kier alpha value is -2.14. The van der Waals surface area contributed by atoms with Crippen LogP contribution in [0.15, 0.2) is 30.5 Å². The van der Waals surface area contributed by atoms with E-state index in [9.17, 15) is 4.79 Å². The lowest BCUT2D eigenvalue weighted by Gasteiger charge is -2.08. The predicted octanol–water partition coefficient (Wildman–Crippen LogP) is 1.99. The normalized spacial score (nSPS) is 10.6. The summed E-state index contributed by atoms with van der Waals surface area (Å²) >= 11 is 0. The van der Waals surface area contributed by atoms with Gasteiger partial charge in [0.1, 0.15) is 0 Å². The maximum Gasteiger partial charge on any atom is 0.214 e. The highest BCUT2D eigenvalue weighted by atomic mass is 16.5. The van der Waals surface area contributed by atoms with E-state index in [-0.39, 0.29) is 5.78 Å². The van der Waals surface area contributed by atoms with E-state index in [4.69, 9.17) is 10.5 Å². The summed E-state index contributed by atoms with van der Waals surface area (Å²) in [5.41, 5.74) is 7.66. The Bertz CT molecular complexity index is 588. The molecular formula is C15H19N3O2. The maximum atomic E-state index is 12.6. The monoisotopic (exact) mass is 273 g/mol. The van der Waals surface area contributed by atoms with Gasteiger partial charge in [-0.25, -0.2) is 0 Å². The molecule has 0 saturated heterocycles. The van der Waals surface area contributed by atoms with Crippen molar-refractivity contribution in [1.82, 2.24) is 9.78 Å². The molecule has 5 nitrogen and oxygen atoms in total. The number of carbonyl (C=O) groups is 1. The Morgan fingerprint density at radius 3 is 2.60 bits per heavy atom. The number of methoxy groups -OCH3 is 1. The molecule has 2 N–H and O–H groups in total. The van der Waals surface area contributed by atoms with Gasteiger partial charge in [0.15, 0.2) is 11.4 Å². The zero-order valence-electron chi connectivity index (χ0n) is 11.8. The minimum absolute atomic E-state index is 0.0867. The second-order valence-corrected chi connectivity index (χ2v) is 4.51. The number of nitrogens with zero attached hydrogens (tertiary/aromatic N) is 2. The zero-order chi connectivity index (χ0) is 14.5. The molecule has 1 heterocycles. The molecule has 0 atom stereocenters. The highest BCUT2D eigenvalue weighted by Gasteiger charge is 2.20. The van der Waals surface area contributed by atoms with Crippen molar-refractivity contribution < 1.29 is 9.53 Å². The van der Waals surface area contributed by atoms with Crippen LogP contribution in [0.1, 0.15) is 35.0 Å². The van der Waals surface area contributed by atoms with Gasteiger partial charge in [0, 0.05) is 18.7 Å². The number of ether oxygens (including phenoxy) is 1. The van der Waals surface area contributed by atoms with Gasteiger partial charge in [-0.3, -0.25) is 9.48 Å². The Labute approximate surface area is 118 Å². The van der Waals surface area contributed by atoms with Crippen LogP contribution in [0.2, 0.25) is 0 Å². The van der Waals surface area contributed by atoms with Crippen LogP contribution < -0.4 is 10.5 Å². The molecule has 0 spiro atoms. The quantitative estimate of drug-likeness (QED) is 0.817. The van der Waals surface area contributed by atoms with Crippen LogP contribution >= 0.6 is 0 Å². The minimum atomic E-state index is -0.0867. The largest absolute Gasteiger partial charge is 0.493 e. The third kappa shape index (κ3) is 2.72. The summed E-state index contributed by atoms with van der Waals surface area (Å²) < 4.78 is 6.93. The van der Waals surface area contributed by atoms with Gasteiger partial charge in [-0.2, -0.15) is 5.10 Å². The first-order chi connectivity index (χ1) is 9.71. The molecular weight excluding hydrogens is 254 g/mol. The molecule has 0 radical (unpaired) electrons. The lowest BCUT2D eigenvalue weighted by atomic mass is 10.1. The van der Waals surface area contributed by atoms with E-state index in [1.807, 2.05) is 19.1 Å². The third-order valence-electron chi connectivity index (χ3n) is 3.13. The van der Waals surface area contributed by atoms with Crippen LogP contribution in [0.4, 0.5) is 0 Å². The molecule has 1 aromatic heterocycles. The molecule has 2 rings (SSSR count). The first-order valence-electron chi connectivity index (χ1n) is 6.64. The Morgan fingerprint density at radius 1 is 1.35 bits per heavy atom. The molecule has 0 saturated carbocycles. The van der Waals surface area contributed by atoms with Crippen molar-refractivity contribution in [2.75, 3.05) is 7.11 Å². The fraction of sp³-hybridized carbons (Fsp3) is 0.333. The van der Waals surface area contributed by atoms with Gasteiger partial charge in [0.25, 0.3) is 0 Å². The van der Waals surface area contributed by atoms with Crippen molar-refractivity contribution in [2.24, 2.45) is 5.73 Å². The van der Waals surface area contributed by atoms with Gasteiger partial charge < -0.3 is 10.5 Å². The number of nitrogens with two attached hydrogens (primary N) is 1. The number of ketones is 1. The number of hydrogen-bond acceptors (Lipinski definition) is 4. The first kappa shape index (κ1) is 14.3. The van der Waals surface area contributed by atoms with E-state index in [1.165, 1.54) is 0 Å². The average molecular weight is 273 g/mol. The van der Waals surface area contributed by atoms with Crippen LogP contribution in [0.3, 0.4) is 0 Å². The van der Waals surface area contributed by atoms with Crippen molar-refractivity contribution in [3.63, 3.8) is 0 Å². The van der Waals surface area contributed by atoms with Crippen molar-refractivity contribution in [3.8, 4) is 5.75 Å². The summed E-state index contributed by atoms with van der Waals surface area (Å²) in [6, 6.07) is 7.29. The Kier molecular flexibility index (Phi) is 4.53. The molecule has 0 bridgehead atoms. The van der Waals surface area contributed by atoms with E-state index in [0.717, 1.165) is 12.0 Å². The van der Waals surface area contributed by atoms with E-state index in [1.54, 1.807) is 30.1 Å². The molecule has 106 valence electrons. The van der Waals surface area contributed by atoms with Gasteiger partial charge >= 0.3 is 0 Å². The standard InChI is InChI=1S/C15H19N3O2/c1-3-8-18-14(13(20-2)10-17-18)15(19)12-6-4-11(9-16)5-7-12/h4-7,10H,3,8-9,16H2,1-2H3. The number of benzene rings is 1. The number of carbonyl (C=O) groups excluding carboxylic acids is 1. The van der Waals surface area contributed by atoms with Crippen molar-refractivity contribution in [1.29, 1.82) is 0 Å². The van der Waals surface area contributed by atoms with Crippen molar-refractivity contribution >= 4 is 5.78 Å². The summed E-state index contributed by atoms with van der Waals surface area (Å²) in [5, 5.41) is 4.21. The SMILES string of the molecule is CCCn1ncc(OC)c1C(=O)c1ccc(CN)cc1. The number of hydrogen-bond donors (Lipinski definition) is 1. The molecule has 0 aliphatic carbocycles. The lowest BCUT2D eigenvalue weighted by molar-refractivity contribution is 0.102. The molecule has 20 heavy (non-hydrogen) atoms. The Morgan fingerprint density at radius 2 is 2.05 bits per heavy atom. The molecule has 2 aromatic rings. The molecule has 0 fully saturated rings. The number of aryl methyl sites for hydroxylation is 1. The fourth-order valence-corrected chi connectivity index (χ4v) is 2.06. The molecule has 1 aromatic carbocycles. The van der Waals surface area contributed by atoms with Gasteiger partial charge in [0.05, 0.1) is 13.3 Å². The van der Waals surface area contributed by atoms with E-state index < -0.39 is 0 Å². The highest BCUT2D eigenvalue weighted by molar-refractivity contribution is 6.09.